The van der Waals surface area contributed by atoms with Gasteiger partial charge in [-0.3, -0.25) is 4.40 Å². The molecule has 0 radical (unpaired) electrons. The summed E-state index contributed by atoms with van der Waals surface area (Å²) in [5.74, 6) is 0.721. The maximum atomic E-state index is 4.29. The van der Waals surface area contributed by atoms with Crippen molar-refractivity contribution in [2.75, 3.05) is 0 Å². The van der Waals surface area contributed by atoms with Gasteiger partial charge in [-0.1, -0.05) is 15.9 Å². The van der Waals surface area contributed by atoms with Crippen molar-refractivity contribution in [3.63, 3.8) is 0 Å². The Morgan fingerprint density at radius 3 is 3.00 bits per heavy atom. The lowest BCUT2D eigenvalue weighted by atomic mass is 10.6. The van der Waals surface area contributed by atoms with Gasteiger partial charge in [-0.05, 0) is 22.0 Å². The van der Waals surface area contributed by atoms with Crippen LogP contribution in [0.25, 0.3) is 5.78 Å². The van der Waals surface area contributed by atoms with Gasteiger partial charge in [0.2, 0.25) is 5.78 Å². The fraction of sp³-hybridized carbons (Fsp3) is 0.143. The lowest BCUT2D eigenvalue weighted by Gasteiger charge is -1.91. The van der Waals surface area contributed by atoms with Gasteiger partial charge in [0, 0.05) is 17.7 Å². The predicted octanol–water partition coefficient (Wildman–Crippen LogP) is 2.39. The molecule has 2 aromatic rings. The Hall–Kier alpha value is -0.420. The van der Waals surface area contributed by atoms with Crippen LogP contribution in [0.5, 0.6) is 0 Å². The first-order chi connectivity index (χ1) is 5.83. The van der Waals surface area contributed by atoms with Crippen molar-refractivity contribution in [1.29, 1.82) is 0 Å². The van der Waals surface area contributed by atoms with Crippen molar-refractivity contribution in [2.24, 2.45) is 0 Å². The normalized spacial score (nSPS) is 10.8. The van der Waals surface area contributed by atoms with Gasteiger partial charge in [-0.15, -0.1) is 0 Å². The highest BCUT2D eigenvalue weighted by Gasteiger charge is 2.07. The third-order valence-corrected chi connectivity index (χ3v) is 2.91. The van der Waals surface area contributed by atoms with Crippen molar-refractivity contribution >= 4 is 37.6 Å². The van der Waals surface area contributed by atoms with E-state index in [0.717, 1.165) is 21.4 Å². The highest BCUT2D eigenvalue weighted by molar-refractivity contribution is 9.10. The molecule has 2 aromatic heterocycles. The van der Waals surface area contributed by atoms with Crippen LogP contribution in [0.3, 0.4) is 0 Å². The number of imidazole rings is 1. The Labute approximate surface area is 86.1 Å². The van der Waals surface area contributed by atoms with E-state index in [1.807, 2.05) is 16.7 Å². The molecule has 0 spiro atoms. The molecular formula is C7H5Br2N3. The molecule has 0 aromatic carbocycles. The van der Waals surface area contributed by atoms with Crippen LogP contribution in [-0.4, -0.2) is 14.4 Å². The fourth-order valence-corrected chi connectivity index (χ4v) is 2.26. The summed E-state index contributed by atoms with van der Waals surface area (Å²) in [6.45, 7) is 0. The number of nitrogens with zero attached hydrogens (tertiary/aromatic N) is 3. The molecule has 5 heteroatoms. The molecule has 0 aliphatic carbocycles. The zero-order chi connectivity index (χ0) is 8.55. The van der Waals surface area contributed by atoms with Crippen molar-refractivity contribution in [3.05, 3.63) is 28.8 Å². The van der Waals surface area contributed by atoms with Crippen LogP contribution in [-0.2, 0) is 5.33 Å². The topological polar surface area (TPSA) is 30.2 Å². The van der Waals surface area contributed by atoms with E-state index in [-0.39, 0.29) is 0 Å². The van der Waals surface area contributed by atoms with Crippen LogP contribution in [0.4, 0.5) is 0 Å². The zero-order valence-electron chi connectivity index (χ0n) is 6.04. The molecule has 0 saturated carbocycles. The number of alkyl halides is 1. The van der Waals surface area contributed by atoms with Crippen LogP contribution < -0.4 is 0 Å². The van der Waals surface area contributed by atoms with Crippen LogP contribution in [0.1, 0.15) is 5.69 Å². The first-order valence-corrected chi connectivity index (χ1v) is 5.28. The van der Waals surface area contributed by atoms with Crippen molar-refractivity contribution in [2.45, 2.75) is 5.33 Å². The second-order valence-electron chi connectivity index (χ2n) is 2.27. The number of hydrogen-bond acceptors (Lipinski definition) is 2. The van der Waals surface area contributed by atoms with Gasteiger partial charge < -0.3 is 0 Å². The minimum atomic E-state index is 0.721. The van der Waals surface area contributed by atoms with Crippen LogP contribution in [0.2, 0.25) is 0 Å². The molecule has 0 atom stereocenters. The third kappa shape index (κ3) is 1.17. The smallest absolute Gasteiger partial charge is 0.234 e. The predicted molar refractivity (Wildman–Crippen MR) is 53.3 cm³/mol. The van der Waals surface area contributed by atoms with Crippen LogP contribution in [0, 0.1) is 0 Å². The van der Waals surface area contributed by atoms with Gasteiger partial charge in [0.05, 0.1) is 5.69 Å². The summed E-state index contributed by atoms with van der Waals surface area (Å²) < 4.78 is 2.86. The lowest BCUT2D eigenvalue weighted by molar-refractivity contribution is 1.09. The summed E-state index contributed by atoms with van der Waals surface area (Å²) in [7, 11) is 0. The van der Waals surface area contributed by atoms with Crippen molar-refractivity contribution in [3.8, 4) is 0 Å². The average molecular weight is 291 g/mol. The third-order valence-electron chi connectivity index (χ3n) is 1.54. The Morgan fingerprint density at radius 1 is 1.50 bits per heavy atom. The standard InChI is InChI=1S/C7H5Br2N3/c8-4-5-6(9)12-3-1-2-10-7(12)11-5/h1-3H,4H2. The maximum Gasteiger partial charge on any atom is 0.234 e. The summed E-state index contributed by atoms with van der Waals surface area (Å²) in [6.07, 6.45) is 3.65. The summed E-state index contributed by atoms with van der Waals surface area (Å²) in [6, 6.07) is 1.87. The van der Waals surface area contributed by atoms with E-state index in [1.165, 1.54) is 0 Å². The molecule has 0 bridgehead atoms. The second kappa shape index (κ2) is 3.14. The Bertz CT molecular complexity index is 410. The van der Waals surface area contributed by atoms with Gasteiger partial charge >= 0.3 is 0 Å². The van der Waals surface area contributed by atoms with E-state index in [4.69, 9.17) is 0 Å². The molecule has 3 nitrogen and oxygen atoms in total. The van der Waals surface area contributed by atoms with Crippen molar-refractivity contribution < 1.29 is 0 Å². The van der Waals surface area contributed by atoms with E-state index in [0.29, 0.717) is 0 Å². The van der Waals surface area contributed by atoms with Gasteiger partial charge in [0.15, 0.2) is 0 Å². The molecule has 12 heavy (non-hydrogen) atoms. The quantitative estimate of drug-likeness (QED) is 0.755. The molecular weight excluding hydrogens is 286 g/mol. The van der Waals surface area contributed by atoms with E-state index in [1.54, 1.807) is 6.20 Å². The summed E-state index contributed by atoms with van der Waals surface area (Å²) >= 11 is 6.80. The van der Waals surface area contributed by atoms with E-state index >= 15 is 0 Å². The van der Waals surface area contributed by atoms with Gasteiger partial charge in [-0.25, -0.2) is 9.97 Å². The molecule has 2 rings (SSSR count). The van der Waals surface area contributed by atoms with Crippen LogP contribution in [0.15, 0.2) is 23.1 Å². The molecule has 2 heterocycles. The number of hydrogen-bond donors (Lipinski definition) is 0. The maximum absolute atomic E-state index is 4.29. The molecule has 0 fully saturated rings. The zero-order valence-corrected chi connectivity index (χ0v) is 9.21. The van der Waals surface area contributed by atoms with Gasteiger partial charge in [0.1, 0.15) is 4.60 Å². The number of rotatable bonds is 1. The monoisotopic (exact) mass is 289 g/mol. The lowest BCUT2D eigenvalue weighted by Crippen LogP contribution is -1.85. The first-order valence-electron chi connectivity index (χ1n) is 3.36. The molecule has 0 N–H and O–H groups in total. The summed E-state index contributed by atoms with van der Waals surface area (Å²) in [5, 5.41) is 0.733. The largest absolute Gasteiger partial charge is 0.278 e. The molecule has 0 unspecified atom stereocenters. The SMILES string of the molecule is BrCc1nc2ncccn2c1Br. The van der Waals surface area contributed by atoms with Crippen molar-refractivity contribution in [1.82, 2.24) is 14.4 Å². The molecule has 0 aliphatic rings. The van der Waals surface area contributed by atoms with Gasteiger partial charge in [-0.2, -0.15) is 0 Å². The van der Waals surface area contributed by atoms with Gasteiger partial charge in [0.25, 0.3) is 0 Å². The fourth-order valence-electron chi connectivity index (χ4n) is 0.990. The molecule has 0 saturated heterocycles. The van der Waals surface area contributed by atoms with E-state index in [2.05, 4.69) is 41.8 Å². The number of fused-ring (bicyclic) bond motifs is 1. The highest BCUT2D eigenvalue weighted by atomic mass is 79.9. The Balaban J connectivity index is 2.78. The Morgan fingerprint density at radius 2 is 2.33 bits per heavy atom. The number of aromatic nitrogens is 3. The first kappa shape index (κ1) is 8.19. The summed E-state index contributed by atoms with van der Waals surface area (Å²) in [4.78, 5) is 8.40. The average Bonchev–Trinajstić information content (AvgIpc) is 2.44. The molecule has 0 aliphatic heterocycles. The van der Waals surface area contributed by atoms with E-state index < -0.39 is 0 Å². The van der Waals surface area contributed by atoms with E-state index in [9.17, 15) is 0 Å². The Kier molecular flexibility index (Phi) is 2.14. The minimum absolute atomic E-state index is 0.721. The minimum Gasteiger partial charge on any atom is -0.278 e. The second-order valence-corrected chi connectivity index (χ2v) is 3.58. The summed E-state index contributed by atoms with van der Waals surface area (Å²) in [5.41, 5.74) is 0.966. The molecule has 0 amide bonds. The number of halogens is 2. The highest BCUT2D eigenvalue weighted by Crippen LogP contribution is 2.19. The van der Waals surface area contributed by atoms with Crippen LogP contribution >= 0.6 is 31.9 Å². The molecule has 62 valence electrons.